The number of allylic oxidation sites excluding steroid dienone is 1. The number of carbonyl (C=O) groups excluding carboxylic acids is 2. The van der Waals surface area contributed by atoms with E-state index >= 15 is 0 Å². The smallest absolute Gasteiger partial charge is 0.167 e. The highest BCUT2D eigenvalue weighted by molar-refractivity contribution is 6.23. The third-order valence-corrected chi connectivity index (χ3v) is 3.48. The predicted octanol–water partition coefficient (Wildman–Crippen LogP) is 3.21. The highest BCUT2D eigenvalue weighted by atomic mass is 16.3. The van der Waals surface area contributed by atoms with Crippen molar-refractivity contribution in [2.45, 2.75) is 27.7 Å². The van der Waals surface area contributed by atoms with Crippen LogP contribution in [0.5, 0.6) is 0 Å². The van der Waals surface area contributed by atoms with Gasteiger partial charge in [-0.05, 0) is 27.7 Å². The average molecular weight is 310 g/mol. The summed E-state index contributed by atoms with van der Waals surface area (Å²) in [5, 5.41) is 10.4. The molecular weight excluding hydrogens is 292 g/mol. The SMILES string of the molecule is CC(=O)C(C(C)=O)=C(O)c1c(C)nc(-c2ccccc2)nc1C. The number of benzene rings is 1. The van der Waals surface area contributed by atoms with E-state index in [1.807, 2.05) is 30.3 Å². The molecule has 0 atom stereocenters. The van der Waals surface area contributed by atoms with Crippen LogP contribution in [0.15, 0.2) is 35.9 Å². The lowest BCUT2D eigenvalue weighted by molar-refractivity contribution is -0.119. The first-order valence-electron chi connectivity index (χ1n) is 7.19. The van der Waals surface area contributed by atoms with Crippen LogP contribution in [0, 0.1) is 13.8 Å². The Kier molecular flexibility index (Phi) is 4.69. The lowest BCUT2D eigenvalue weighted by Crippen LogP contribution is -2.12. The van der Waals surface area contributed by atoms with Gasteiger partial charge in [0.05, 0.1) is 17.0 Å². The molecule has 0 aliphatic rings. The fourth-order valence-electron chi connectivity index (χ4n) is 2.48. The van der Waals surface area contributed by atoms with Crippen molar-refractivity contribution in [3.63, 3.8) is 0 Å². The molecule has 2 aromatic rings. The molecule has 0 bridgehead atoms. The van der Waals surface area contributed by atoms with E-state index in [2.05, 4.69) is 9.97 Å². The number of aliphatic hydroxyl groups is 1. The van der Waals surface area contributed by atoms with Gasteiger partial charge in [-0.25, -0.2) is 9.97 Å². The van der Waals surface area contributed by atoms with E-state index in [0.717, 1.165) is 5.56 Å². The Bertz CT molecular complexity index is 769. The number of Topliss-reactive ketones (excluding diaryl/α,β-unsaturated/α-hetero) is 2. The lowest BCUT2D eigenvalue weighted by atomic mass is 10.0. The van der Waals surface area contributed by atoms with E-state index < -0.39 is 11.6 Å². The molecular formula is C18H18N2O3. The van der Waals surface area contributed by atoms with Crippen LogP contribution in [0.4, 0.5) is 0 Å². The molecule has 118 valence electrons. The lowest BCUT2D eigenvalue weighted by Gasteiger charge is -2.12. The van der Waals surface area contributed by atoms with E-state index in [-0.39, 0.29) is 11.3 Å². The molecule has 0 aliphatic heterocycles. The third-order valence-electron chi connectivity index (χ3n) is 3.48. The molecule has 0 saturated heterocycles. The summed E-state index contributed by atoms with van der Waals surface area (Å²) in [6.45, 7) is 5.92. The number of hydrogen-bond donors (Lipinski definition) is 1. The highest BCUT2D eigenvalue weighted by Gasteiger charge is 2.22. The van der Waals surface area contributed by atoms with E-state index in [0.29, 0.717) is 22.8 Å². The molecule has 5 nitrogen and oxygen atoms in total. The summed E-state index contributed by atoms with van der Waals surface area (Å²) in [5.41, 5.74) is 1.96. The maximum Gasteiger partial charge on any atom is 0.167 e. The Morgan fingerprint density at radius 2 is 1.39 bits per heavy atom. The average Bonchev–Trinajstić information content (AvgIpc) is 2.46. The van der Waals surface area contributed by atoms with Crippen LogP contribution in [0.1, 0.15) is 30.8 Å². The second-order valence-corrected chi connectivity index (χ2v) is 5.30. The molecule has 1 aromatic heterocycles. The number of rotatable bonds is 4. The van der Waals surface area contributed by atoms with Crippen molar-refractivity contribution in [2.75, 3.05) is 0 Å². The first-order chi connectivity index (χ1) is 10.8. The van der Waals surface area contributed by atoms with Crippen molar-refractivity contribution in [1.82, 2.24) is 9.97 Å². The molecule has 0 saturated carbocycles. The maximum absolute atomic E-state index is 11.6. The molecule has 0 radical (unpaired) electrons. The molecule has 23 heavy (non-hydrogen) atoms. The molecule has 0 amide bonds. The van der Waals surface area contributed by atoms with Crippen molar-refractivity contribution in [3.05, 3.63) is 52.9 Å². The summed E-state index contributed by atoms with van der Waals surface area (Å²) >= 11 is 0. The number of carbonyl (C=O) groups is 2. The molecule has 0 spiro atoms. The van der Waals surface area contributed by atoms with Gasteiger partial charge in [0.1, 0.15) is 11.3 Å². The Morgan fingerprint density at radius 3 is 1.83 bits per heavy atom. The second kappa shape index (κ2) is 6.52. The zero-order valence-corrected chi connectivity index (χ0v) is 13.5. The molecule has 5 heteroatoms. The van der Waals surface area contributed by atoms with Gasteiger partial charge in [-0.15, -0.1) is 0 Å². The van der Waals surface area contributed by atoms with Gasteiger partial charge < -0.3 is 5.11 Å². The van der Waals surface area contributed by atoms with E-state index in [1.54, 1.807) is 13.8 Å². The van der Waals surface area contributed by atoms with Crippen LogP contribution in [-0.2, 0) is 9.59 Å². The Balaban J connectivity index is 2.65. The van der Waals surface area contributed by atoms with Crippen molar-refractivity contribution < 1.29 is 14.7 Å². The second-order valence-electron chi connectivity index (χ2n) is 5.30. The number of aromatic nitrogens is 2. The summed E-state index contributed by atoms with van der Waals surface area (Å²) in [6, 6.07) is 9.45. The van der Waals surface area contributed by atoms with Crippen LogP contribution in [0.3, 0.4) is 0 Å². The van der Waals surface area contributed by atoms with Gasteiger partial charge in [-0.2, -0.15) is 0 Å². The maximum atomic E-state index is 11.6. The monoisotopic (exact) mass is 310 g/mol. The Morgan fingerprint density at radius 1 is 0.913 bits per heavy atom. The molecule has 0 aliphatic carbocycles. The highest BCUT2D eigenvalue weighted by Crippen LogP contribution is 2.25. The van der Waals surface area contributed by atoms with Gasteiger partial charge in [0, 0.05) is 5.56 Å². The fourth-order valence-corrected chi connectivity index (χ4v) is 2.48. The normalized spacial score (nSPS) is 10.3. The molecule has 0 unspecified atom stereocenters. The van der Waals surface area contributed by atoms with Crippen molar-refractivity contribution >= 4 is 17.3 Å². The summed E-state index contributed by atoms with van der Waals surface area (Å²) in [7, 11) is 0. The minimum Gasteiger partial charge on any atom is -0.506 e. The molecule has 1 aromatic carbocycles. The zero-order chi connectivity index (χ0) is 17.1. The van der Waals surface area contributed by atoms with Crippen LogP contribution in [0.25, 0.3) is 17.1 Å². The molecule has 2 rings (SSSR count). The first kappa shape index (κ1) is 16.5. The van der Waals surface area contributed by atoms with E-state index in [1.165, 1.54) is 13.8 Å². The van der Waals surface area contributed by atoms with Crippen molar-refractivity contribution in [2.24, 2.45) is 0 Å². The molecule has 0 fully saturated rings. The van der Waals surface area contributed by atoms with Gasteiger partial charge >= 0.3 is 0 Å². The van der Waals surface area contributed by atoms with Crippen LogP contribution < -0.4 is 0 Å². The number of nitrogens with zero attached hydrogens (tertiary/aromatic N) is 2. The Labute approximate surface area is 134 Å². The summed E-state index contributed by atoms with van der Waals surface area (Å²) in [5.74, 6) is -0.800. The standard InChI is InChI=1S/C18H18N2O3/c1-10-15(17(23)16(12(3)21)13(4)22)11(2)20-18(19-10)14-8-6-5-7-9-14/h5-9,23H,1-4H3. The first-order valence-corrected chi connectivity index (χ1v) is 7.19. The number of aryl methyl sites for hydroxylation is 2. The largest absolute Gasteiger partial charge is 0.506 e. The fraction of sp³-hybridized carbons (Fsp3) is 0.222. The van der Waals surface area contributed by atoms with Gasteiger partial charge in [-0.1, -0.05) is 30.3 Å². The topological polar surface area (TPSA) is 80.2 Å². The van der Waals surface area contributed by atoms with Gasteiger partial charge in [0.25, 0.3) is 0 Å². The Hall–Kier alpha value is -2.82. The quantitative estimate of drug-likeness (QED) is 0.406. The zero-order valence-electron chi connectivity index (χ0n) is 13.5. The molecule has 1 heterocycles. The van der Waals surface area contributed by atoms with Crippen molar-refractivity contribution in [1.29, 1.82) is 0 Å². The van der Waals surface area contributed by atoms with E-state index in [9.17, 15) is 14.7 Å². The van der Waals surface area contributed by atoms with E-state index in [4.69, 9.17) is 0 Å². The number of hydrogen-bond acceptors (Lipinski definition) is 5. The number of aliphatic hydroxyl groups excluding tert-OH is 1. The van der Waals surface area contributed by atoms with Crippen LogP contribution >= 0.6 is 0 Å². The minimum absolute atomic E-state index is 0.229. The van der Waals surface area contributed by atoms with Gasteiger partial charge in [0.2, 0.25) is 0 Å². The molecule has 1 N–H and O–H groups in total. The predicted molar refractivity (Wildman–Crippen MR) is 87.9 cm³/mol. The summed E-state index contributed by atoms with van der Waals surface area (Å²) in [6.07, 6.45) is 0. The van der Waals surface area contributed by atoms with Crippen LogP contribution in [0.2, 0.25) is 0 Å². The number of ketones is 2. The van der Waals surface area contributed by atoms with Crippen molar-refractivity contribution in [3.8, 4) is 11.4 Å². The summed E-state index contributed by atoms with van der Waals surface area (Å²) < 4.78 is 0. The third kappa shape index (κ3) is 3.34. The van der Waals surface area contributed by atoms with Gasteiger partial charge in [-0.3, -0.25) is 9.59 Å². The van der Waals surface area contributed by atoms with Crippen LogP contribution in [-0.4, -0.2) is 26.6 Å². The summed E-state index contributed by atoms with van der Waals surface area (Å²) in [4.78, 5) is 32.1. The van der Waals surface area contributed by atoms with Gasteiger partial charge in [0.15, 0.2) is 17.4 Å². The minimum atomic E-state index is -0.485.